The van der Waals surface area contributed by atoms with Crippen LogP contribution in [-0.2, 0) is 19.1 Å². The number of ether oxygens (including phenoxy) is 1. The number of nitrogens with zero attached hydrogens (tertiary/aromatic N) is 1. The average molecular weight is 505 g/mol. The Morgan fingerprint density at radius 1 is 1.22 bits per heavy atom. The van der Waals surface area contributed by atoms with Gasteiger partial charge in [0.1, 0.15) is 23.4 Å². The van der Waals surface area contributed by atoms with Crippen molar-refractivity contribution in [3.05, 3.63) is 29.3 Å². The summed E-state index contributed by atoms with van der Waals surface area (Å²) in [5, 5.41) is 15.4. The molecule has 0 radical (unpaired) electrons. The van der Waals surface area contributed by atoms with Gasteiger partial charge >= 0.3 is 6.09 Å². The van der Waals surface area contributed by atoms with Crippen LogP contribution < -0.4 is 16.4 Å². The number of phenolic OH excluding ortho intramolecular Hbond substituents is 1. The molecule has 1 aromatic carbocycles. The second kappa shape index (κ2) is 12.6. The number of nitrogens with one attached hydrogen (secondary N) is 2. The number of carbonyl (C=O) groups is 4. The highest BCUT2D eigenvalue weighted by molar-refractivity contribution is 5.94. The monoisotopic (exact) mass is 504 g/mol. The van der Waals surface area contributed by atoms with Crippen molar-refractivity contribution in [1.29, 1.82) is 0 Å². The molecule has 5 N–H and O–H groups in total. The van der Waals surface area contributed by atoms with Crippen molar-refractivity contribution in [3.8, 4) is 5.75 Å². The molecule has 2 rings (SSSR count). The van der Waals surface area contributed by atoms with Crippen molar-refractivity contribution in [2.45, 2.75) is 96.9 Å². The minimum absolute atomic E-state index is 0.0728. The maximum Gasteiger partial charge on any atom is 0.408 e. The Bertz CT molecular complexity index is 954. The number of carbonyl (C=O) groups excluding carboxylic acids is 4. The lowest BCUT2D eigenvalue weighted by atomic mass is 9.87. The van der Waals surface area contributed by atoms with E-state index in [1.807, 2.05) is 6.92 Å². The standard InChI is InChI=1S/C26H40N4O6/c1-6-7-13-28-23(33)22(17-11-12-20(31)16(2)14-17)30(18-9-8-10-18)24(34)19(15-21(27)32)29-25(35)36-26(3,4)5/h11-12,14,18-19,22,31H,6-10,13,15H2,1-5H3,(H2,27,32)(H,28,33)(H,29,35). The smallest absolute Gasteiger partial charge is 0.408 e. The normalized spacial score (nSPS) is 15.2. The van der Waals surface area contributed by atoms with Gasteiger partial charge in [0.2, 0.25) is 17.7 Å². The van der Waals surface area contributed by atoms with Crippen LogP contribution >= 0.6 is 0 Å². The zero-order valence-corrected chi connectivity index (χ0v) is 21.9. The molecule has 0 bridgehead atoms. The highest BCUT2D eigenvalue weighted by atomic mass is 16.6. The zero-order valence-electron chi connectivity index (χ0n) is 21.9. The number of hydrogen-bond donors (Lipinski definition) is 4. The van der Waals surface area contributed by atoms with Gasteiger partial charge in [-0.3, -0.25) is 14.4 Å². The molecule has 2 atom stereocenters. The highest BCUT2D eigenvalue weighted by Gasteiger charge is 2.42. The van der Waals surface area contributed by atoms with Crippen LogP contribution in [-0.4, -0.2) is 58.1 Å². The van der Waals surface area contributed by atoms with Crippen molar-refractivity contribution >= 4 is 23.8 Å². The molecule has 10 heteroatoms. The fourth-order valence-electron chi connectivity index (χ4n) is 3.99. The first-order chi connectivity index (χ1) is 16.8. The Kier molecular flexibility index (Phi) is 10.1. The number of amides is 4. The lowest BCUT2D eigenvalue weighted by Crippen LogP contribution is -2.58. The van der Waals surface area contributed by atoms with Crippen LogP contribution in [0.15, 0.2) is 18.2 Å². The van der Waals surface area contributed by atoms with Crippen molar-refractivity contribution in [2.75, 3.05) is 6.54 Å². The van der Waals surface area contributed by atoms with Crippen molar-refractivity contribution < 1.29 is 29.0 Å². The number of alkyl carbamates (subject to hydrolysis) is 1. The van der Waals surface area contributed by atoms with Gasteiger partial charge < -0.3 is 31.1 Å². The molecule has 0 spiro atoms. The molecular weight excluding hydrogens is 464 g/mol. The summed E-state index contributed by atoms with van der Waals surface area (Å²) in [6, 6.07) is 2.18. The zero-order chi connectivity index (χ0) is 27.0. The Labute approximate surface area is 212 Å². The minimum Gasteiger partial charge on any atom is -0.508 e. The number of hydrogen-bond acceptors (Lipinski definition) is 6. The summed E-state index contributed by atoms with van der Waals surface area (Å²) >= 11 is 0. The molecule has 1 aromatic rings. The molecule has 0 saturated heterocycles. The third-order valence-electron chi connectivity index (χ3n) is 6.01. The van der Waals surface area contributed by atoms with Crippen molar-refractivity contribution in [2.24, 2.45) is 5.73 Å². The summed E-state index contributed by atoms with van der Waals surface area (Å²) in [7, 11) is 0. The number of benzene rings is 1. The van der Waals surface area contributed by atoms with Crippen LogP contribution in [0.2, 0.25) is 0 Å². The number of aromatic hydroxyl groups is 1. The van der Waals surface area contributed by atoms with Gasteiger partial charge in [0, 0.05) is 12.6 Å². The summed E-state index contributed by atoms with van der Waals surface area (Å²) < 4.78 is 5.29. The lowest BCUT2D eigenvalue weighted by Gasteiger charge is -2.43. The van der Waals surface area contributed by atoms with E-state index >= 15 is 0 Å². The van der Waals surface area contributed by atoms with Gasteiger partial charge in [-0.15, -0.1) is 0 Å². The van der Waals surface area contributed by atoms with Crippen LogP contribution in [0.3, 0.4) is 0 Å². The van der Waals surface area contributed by atoms with Gasteiger partial charge in [-0.25, -0.2) is 4.79 Å². The van der Waals surface area contributed by atoms with Gasteiger partial charge in [-0.1, -0.05) is 19.4 Å². The average Bonchev–Trinajstić information content (AvgIpc) is 2.72. The highest BCUT2D eigenvalue weighted by Crippen LogP contribution is 2.35. The lowest BCUT2D eigenvalue weighted by molar-refractivity contribution is -0.148. The number of rotatable bonds is 11. The fraction of sp³-hybridized carbons (Fsp3) is 0.615. The molecule has 1 aliphatic carbocycles. The largest absolute Gasteiger partial charge is 0.508 e. The summed E-state index contributed by atoms with van der Waals surface area (Å²) in [4.78, 5) is 53.2. The van der Waals surface area contributed by atoms with Gasteiger partial charge in [-0.2, -0.15) is 0 Å². The third-order valence-corrected chi connectivity index (χ3v) is 6.01. The summed E-state index contributed by atoms with van der Waals surface area (Å²) in [5.74, 6) is -1.67. The van der Waals surface area contributed by atoms with E-state index in [1.165, 1.54) is 11.0 Å². The molecule has 0 aromatic heterocycles. The molecule has 4 amide bonds. The number of aryl methyl sites for hydroxylation is 1. The predicted octanol–water partition coefficient (Wildman–Crippen LogP) is 2.81. The Morgan fingerprint density at radius 3 is 2.39 bits per heavy atom. The van der Waals surface area contributed by atoms with Gasteiger partial charge in [-0.05, 0) is 76.6 Å². The number of unbranched alkanes of at least 4 members (excludes halogenated alkanes) is 1. The maximum atomic E-state index is 13.9. The van der Waals surface area contributed by atoms with Crippen LogP contribution in [0.5, 0.6) is 5.75 Å². The van der Waals surface area contributed by atoms with Crippen LogP contribution in [0.25, 0.3) is 0 Å². The SMILES string of the molecule is CCCCNC(=O)C(c1ccc(O)c(C)c1)N(C(=O)C(CC(N)=O)NC(=O)OC(C)(C)C)C1CCC1. The first kappa shape index (κ1) is 28.9. The summed E-state index contributed by atoms with van der Waals surface area (Å²) in [6.45, 7) is 9.21. The third kappa shape index (κ3) is 8.13. The van der Waals surface area contributed by atoms with Gasteiger partial charge in [0.25, 0.3) is 0 Å². The van der Waals surface area contributed by atoms with Crippen LogP contribution in [0.4, 0.5) is 4.79 Å². The Morgan fingerprint density at radius 2 is 1.89 bits per heavy atom. The second-order valence-electron chi connectivity index (χ2n) is 10.3. The van der Waals surface area contributed by atoms with E-state index in [0.29, 0.717) is 30.5 Å². The number of primary amides is 1. The molecule has 36 heavy (non-hydrogen) atoms. The quantitative estimate of drug-likeness (QED) is 0.340. The number of nitrogens with two attached hydrogens (primary N) is 1. The molecule has 200 valence electrons. The Balaban J connectivity index is 2.49. The molecule has 0 aliphatic heterocycles. The first-order valence-electron chi connectivity index (χ1n) is 12.5. The molecule has 1 saturated carbocycles. The van der Waals surface area contributed by atoms with E-state index in [4.69, 9.17) is 10.5 Å². The predicted molar refractivity (Wildman–Crippen MR) is 135 cm³/mol. The maximum absolute atomic E-state index is 13.9. The minimum atomic E-state index is -1.30. The summed E-state index contributed by atoms with van der Waals surface area (Å²) in [6.07, 6.45) is 2.59. The van der Waals surface area contributed by atoms with E-state index in [0.717, 1.165) is 19.3 Å². The molecule has 2 unspecified atom stereocenters. The topological polar surface area (TPSA) is 151 Å². The molecule has 10 nitrogen and oxygen atoms in total. The molecule has 0 heterocycles. The van der Waals surface area contributed by atoms with Crippen LogP contribution in [0, 0.1) is 6.92 Å². The molecule has 1 fully saturated rings. The molecular formula is C26H40N4O6. The fourth-order valence-corrected chi connectivity index (χ4v) is 3.99. The van der Waals surface area contributed by atoms with Crippen molar-refractivity contribution in [1.82, 2.24) is 15.5 Å². The summed E-state index contributed by atoms with van der Waals surface area (Å²) in [5.41, 5.74) is 5.68. The Hall–Kier alpha value is -3.30. The number of phenols is 1. The van der Waals surface area contributed by atoms with Crippen molar-refractivity contribution in [3.63, 3.8) is 0 Å². The van der Waals surface area contributed by atoms with E-state index < -0.39 is 42.0 Å². The van der Waals surface area contributed by atoms with E-state index in [2.05, 4.69) is 10.6 Å². The van der Waals surface area contributed by atoms with Crippen LogP contribution in [0.1, 0.15) is 83.4 Å². The molecule has 1 aliphatic rings. The van der Waals surface area contributed by atoms with E-state index in [1.54, 1.807) is 39.8 Å². The van der Waals surface area contributed by atoms with E-state index in [-0.39, 0.29) is 17.7 Å². The second-order valence-corrected chi connectivity index (χ2v) is 10.3. The first-order valence-corrected chi connectivity index (χ1v) is 12.5. The van der Waals surface area contributed by atoms with E-state index in [9.17, 15) is 24.3 Å². The van der Waals surface area contributed by atoms with Gasteiger partial charge in [0.15, 0.2) is 0 Å². The van der Waals surface area contributed by atoms with Gasteiger partial charge in [0.05, 0.1) is 6.42 Å².